The molecule has 0 aromatic rings. The van der Waals surface area contributed by atoms with E-state index in [9.17, 15) is 4.79 Å². The van der Waals surface area contributed by atoms with Gasteiger partial charge in [0, 0.05) is 19.4 Å². The van der Waals surface area contributed by atoms with E-state index in [1.54, 1.807) is 0 Å². The summed E-state index contributed by atoms with van der Waals surface area (Å²) in [5.74, 6) is 0.891. The van der Waals surface area contributed by atoms with Crippen LogP contribution in [-0.4, -0.2) is 18.5 Å². The van der Waals surface area contributed by atoms with Gasteiger partial charge in [-0.25, -0.2) is 0 Å². The lowest BCUT2D eigenvalue weighted by atomic mass is 10.0. The van der Waals surface area contributed by atoms with Gasteiger partial charge >= 0.3 is 0 Å². The highest BCUT2D eigenvalue weighted by atomic mass is 16.5. The Kier molecular flexibility index (Phi) is 4.43. The van der Waals surface area contributed by atoms with E-state index >= 15 is 0 Å². The summed E-state index contributed by atoms with van der Waals surface area (Å²) in [5, 5.41) is 0. The number of carbonyl (C=O) groups is 1. The molecule has 1 fully saturated rings. The molecule has 1 atom stereocenters. The standard InChI is InChI=1S/C11H20O2/c1-9(2)8-10(12)5-6-11-4-3-7-13-11/h9,11H,3-8H2,1-2H3. The van der Waals surface area contributed by atoms with Crippen molar-refractivity contribution < 1.29 is 9.53 Å². The van der Waals surface area contributed by atoms with Crippen molar-refractivity contribution in [1.82, 2.24) is 0 Å². The van der Waals surface area contributed by atoms with E-state index in [-0.39, 0.29) is 0 Å². The fraction of sp³-hybridized carbons (Fsp3) is 0.909. The number of ether oxygens (including phenoxy) is 1. The topological polar surface area (TPSA) is 26.3 Å². The average molecular weight is 184 g/mol. The minimum atomic E-state index is 0.371. The highest BCUT2D eigenvalue weighted by molar-refractivity contribution is 5.78. The van der Waals surface area contributed by atoms with Gasteiger partial charge in [0.25, 0.3) is 0 Å². The van der Waals surface area contributed by atoms with Crippen LogP contribution in [0.5, 0.6) is 0 Å². The summed E-state index contributed by atoms with van der Waals surface area (Å²) in [6, 6.07) is 0. The molecular formula is C11H20O2. The molecule has 0 bridgehead atoms. The monoisotopic (exact) mass is 184 g/mol. The molecule has 1 aliphatic rings. The normalized spacial score (nSPS) is 22.5. The molecule has 1 unspecified atom stereocenters. The van der Waals surface area contributed by atoms with Crippen LogP contribution >= 0.6 is 0 Å². The van der Waals surface area contributed by atoms with E-state index in [0.29, 0.717) is 24.2 Å². The Morgan fingerprint density at radius 1 is 1.54 bits per heavy atom. The zero-order chi connectivity index (χ0) is 9.68. The van der Waals surface area contributed by atoms with Gasteiger partial charge in [-0.15, -0.1) is 0 Å². The third-order valence-corrected chi connectivity index (χ3v) is 2.41. The molecule has 0 saturated carbocycles. The van der Waals surface area contributed by atoms with Crippen LogP contribution < -0.4 is 0 Å². The van der Waals surface area contributed by atoms with Crippen molar-refractivity contribution in [3.8, 4) is 0 Å². The highest BCUT2D eigenvalue weighted by Gasteiger charge is 2.16. The van der Waals surface area contributed by atoms with Gasteiger partial charge in [-0.2, -0.15) is 0 Å². The van der Waals surface area contributed by atoms with Crippen molar-refractivity contribution >= 4 is 5.78 Å². The van der Waals surface area contributed by atoms with Gasteiger partial charge in [0.1, 0.15) is 5.78 Å². The maximum Gasteiger partial charge on any atom is 0.133 e. The summed E-state index contributed by atoms with van der Waals surface area (Å²) >= 11 is 0. The Balaban J connectivity index is 2.07. The van der Waals surface area contributed by atoms with Gasteiger partial charge < -0.3 is 4.74 Å². The molecule has 0 N–H and O–H groups in total. The summed E-state index contributed by atoms with van der Waals surface area (Å²) < 4.78 is 5.46. The summed E-state index contributed by atoms with van der Waals surface area (Å²) in [5.41, 5.74) is 0. The van der Waals surface area contributed by atoms with Crippen LogP contribution in [0.4, 0.5) is 0 Å². The van der Waals surface area contributed by atoms with E-state index < -0.39 is 0 Å². The number of carbonyl (C=O) groups excluding carboxylic acids is 1. The van der Waals surface area contributed by atoms with Gasteiger partial charge in [-0.3, -0.25) is 4.79 Å². The Labute approximate surface area is 80.7 Å². The molecule has 0 radical (unpaired) electrons. The van der Waals surface area contributed by atoms with Crippen molar-refractivity contribution in [2.75, 3.05) is 6.61 Å². The summed E-state index contributed by atoms with van der Waals surface area (Å²) in [6.45, 7) is 5.07. The third-order valence-electron chi connectivity index (χ3n) is 2.41. The number of hydrogen-bond donors (Lipinski definition) is 0. The molecule has 0 spiro atoms. The maximum atomic E-state index is 11.4. The van der Waals surface area contributed by atoms with Crippen LogP contribution in [0.3, 0.4) is 0 Å². The minimum Gasteiger partial charge on any atom is -0.378 e. The average Bonchev–Trinajstić information content (AvgIpc) is 2.51. The fourth-order valence-corrected chi connectivity index (χ4v) is 1.75. The van der Waals surface area contributed by atoms with Gasteiger partial charge in [0.15, 0.2) is 0 Å². The Hall–Kier alpha value is -0.370. The smallest absolute Gasteiger partial charge is 0.133 e. The molecular weight excluding hydrogens is 164 g/mol. The molecule has 0 aromatic carbocycles. The molecule has 1 aliphatic heterocycles. The van der Waals surface area contributed by atoms with Crippen molar-refractivity contribution in [2.45, 2.75) is 52.1 Å². The van der Waals surface area contributed by atoms with Gasteiger partial charge in [0.05, 0.1) is 6.10 Å². The van der Waals surface area contributed by atoms with Gasteiger partial charge in [-0.1, -0.05) is 13.8 Å². The zero-order valence-corrected chi connectivity index (χ0v) is 8.71. The van der Waals surface area contributed by atoms with Crippen molar-refractivity contribution in [1.29, 1.82) is 0 Å². The summed E-state index contributed by atoms with van der Waals surface area (Å²) in [4.78, 5) is 11.4. The van der Waals surface area contributed by atoms with E-state index in [0.717, 1.165) is 25.9 Å². The Morgan fingerprint density at radius 3 is 2.85 bits per heavy atom. The first kappa shape index (κ1) is 10.7. The Bertz CT molecular complexity index is 157. The lowest BCUT2D eigenvalue weighted by molar-refractivity contribution is -0.120. The van der Waals surface area contributed by atoms with Crippen molar-refractivity contribution in [3.05, 3.63) is 0 Å². The lowest BCUT2D eigenvalue weighted by Crippen LogP contribution is -2.09. The fourth-order valence-electron chi connectivity index (χ4n) is 1.75. The number of hydrogen-bond acceptors (Lipinski definition) is 2. The van der Waals surface area contributed by atoms with Crippen molar-refractivity contribution in [2.24, 2.45) is 5.92 Å². The molecule has 76 valence electrons. The zero-order valence-electron chi connectivity index (χ0n) is 8.71. The summed E-state index contributed by atoms with van der Waals surface area (Å²) in [6.07, 6.45) is 5.06. The number of rotatable bonds is 5. The van der Waals surface area contributed by atoms with Gasteiger partial charge in [-0.05, 0) is 25.2 Å². The number of Topliss-reactive ketones (excluding diaryl/α,β-unsaturated/α-hetero) is 1. The van der Waals surface area contributed by atoms with Crippen LogP contribution in [-0.2, 0) is 9.53 Å². The van der Waals surface area contributed by atoms with Crippen LogP contribution in [0, 0.1) is 5.92 Å². The van der Waals surface area contributed by atoms with Crippen molar-refractivity contribution in [3.63, 3.8) is 0 Å². The summed E-state index contributed by atoms with van der Waals surface area (Å²) in [7, 11) is 0. The molecule has 0 aliphatic carbocycles. The van der Waals surface area contributed by atoms with Gasteiger partial charge in [0.2, 0.25) is 0 Å². The van der Waals surface area contributed by atoms with Crippen LogP contribution in [0.1, 0.15) is 46.0 Å². The minimum absolute atomic E-state index is 0.371. The first-order valence-electron chi connectivity index (χ1n) is 5.32. The quantitative estimate of drug-likeness (QED) is 0.656. The highest BCUT2D eigenvalue weighted by Crippen LogP contribution is 2.17. The molecule has 13 heavy (non-hydrogen) atoms. The molecule has 1 heterocycles. The lowest BCUT2D eigenvalue weighted by Gasteiger charge is -2.08. The maximum absolute atomic E-state index is 11.4. The molecule has 1 saturated heterocycles. The molecule has 0 aromatic heterocycles. The van der Waals surface area contributed by atoms with Crippen LogP contribution in [0.25, 0.3) is 0 Å². The molecule has 2 nitrogen and oxygen atoms in total. The van der Waals surface area contributed by atoms with E-state index in [1.807, 2.05) is 0 Å². The van der Waals surface area contributed by atoms with E-state index in [2.05, 4.69) is 13.8 Å². The number of ketones is 1. The second kappa shape index (κ2) is 5.38. The second-order valence-corrected chi connectivity index (χ2v) is 4.31. The Morgan fingerprint density at radius 2 is 2.31 bits per heavy atom. The second-order valence-electron chi connectivity index (χ2n) is 4.31. The predicted octanol–water partition coefficient (Wildman–Crippen LogP) is 2.56. The SMILES string of the molecule is CC(C)CC(=O)CCC1CCCO1. The van der Waals surface area contributed by atoms with E-state index in [1.165, 1.54) is 6.42 Å². The first-order chi connectivity index (χ1) is 6.18. The van der Waals surface area contributed by atoms with Crippen LogP contribution in [0.2, 0.25) is 0 Å². The molecule has 2 heteroatoms. The largest absolute Gasteiger partial charge is 0.378 e. The molecule has 0 amide bonds. The van der Waals surface area contributed by atoms with Crippen LogP contribution in [0.15, 0.2) is 0 Å². The van der Waals surface area contributed by atoms with E-state index in [4.69, 9.17) is 4.74 Å². The molecule has 1 rings (SSSR count). The first-order valence-corrected chi connectivity index (χ1v) is 5.32. The third kappa shape index (κ3) is 4.41. The predicted molar refractivity (Wildman–Crippen MR) is 52.7 cm³/mol.